The lowest BCUT2D eigenvalue weighted by Gasteiger charge is -2.32. The van der Waals surface area contributed by atoms with Crippen LogP contribution in [0.2, 0.25) is 0 Å². The fourth-order valence-electron chi connectivity index (χ4n) is 4.64. The lowest BCUT2D eigenvalue weighted by atomic mass is 9.96. The number of H-pyrrole nitrogens is 1. The SMILES string of the molecule is COc1cccc(C(=O)N2CCC[C@@H](c3nc4c(nnn4Cc4cc(C)ccc4C)c(=O)[nH]3)C2)c1. The standard InChI is InChI=1S/C26H28N6O3/c1-16-9-10-17(2)20(12-16)15-32-24-22(29-30-32)25(33)28-23(27-24)19-7-5-11-31(14-19)26(34)18-6-4-8-21(13-18)35-3/h4,6,8-10,12-13,19H,5,7,11,14-15H2,1-3H3,(H,27,28,33)/t19-/m1/s1. The van der Waals surface area contributed by atoms with E-state index in [1.165, 1.54) is 0 Å². The molecule has 5 rings (SSSR count). The third-order valence-electron chi connectivity index (χ3n) is 6.63. The summed E-state index contributed by atoms with van der Waals surface area (Å²) < 4.78 is 6.94. The number of nitrogens with zero attached hydrogens (tertiary/aromatic N) is 5. The van der Waals surface area contributed by atoms with Crippen LogP contribution in [0, 0.1) is 13.8 Å². The smallest absolute Gasteiger partial charge is 0.281 e. The van der Waals surface area contributed by atoms with Crippen LogP contribution in [0.15, 0.2) is 47.3 Å². The maximum atomic E-state index is 13.2. The summed E-state index contributed by atoms with van der Waals surface area (Å²) in [6.45, 7) is 5.71. The molecule has 0 spiro atoms. The monoisotopic (exact) mass is 472 g/mol. The van der Waals surface area contributed by atoms with Crippen molar-refractivity contribution in [2.75, 3.05) is 20.2 Å². The molecule has 1 aliphatic rings. The lowest BCUT2D eigenvalue weighted by molar-refractivity contribution is 0.0704. The molecule has 0 bridgehead atoms. The molecule has 3 heterocycles. The van der Waals surface area contributed by atoms with Crippen LogP contribution in [-0.2, 0) is 6.54 Å². The van der Waals surface area contributed by atoms with Gasteiger partial charge in [-0.1, -0.05) is 35.0 Å². The van der Waals surface area contributed by atoms with Gasteiger partial charge in [0.2, 0.25) is 0 Å². The molecule has 1 atom stereocenters. The molecule has 1 aliphatic heterocycles. The van der Waals surface area contributed by atoms with E-state index in [9.17, 15) is 9.59 Å². The molecule has 180 valence electrons. The van der Waals surface area contributed by atoms with Crippen LogP contribution in [0.1, 0.15) is 51.6 Å². The minimum Gasteiger partial charge on any atom is -0.497 e. The number of fused-ring (bicyclic) bond motifs is 1. The van der Waals surface area contributed by atoms with Gasteiger partial charge in [-0.05, 0) is 56.0 Å². The Hall–Kier alpha value is -4.01. The largest absolute Gasteiger partial charge is 0.497 e. The van der Waals surface area contributed by atoms with Crippen molar-refractivity contribution >= 4 is 17.1 Å². The molecule has 2 aromatic heterocycles. The third kappa shape index (κ3) is 4.53. The summed E-state index contributed by atoms with van der Waals surface area (Å²) >= 11 is 0. The summed E-state index contributed by atoms with van der Waals surface area (Å²) in [6.07, 6.45) is 1.65. The molecule has 9 heteroatoms. The Morgan fingerprint density at radius 1 is 1.20 bits per heavy atom. The average molecular weight is 473 g/mol. The van der Waals surface area contributed by atoms with Gasteiger partial charge in [-0.25, -0.2) is 9.67 Å². The predicted molar refractivity (Wildman–Crippen MR) is 132 cm³/mol. The van der Waals surface area contributed by atoms with E-state index >= 15 is 0 Å². The number of aromatic nitrogens is 5. The van der Waals surface area contributed by atoms with Crippen LogP contribution >= 0.6 is 0 Å². The lowest BCUT2D eigenvalue weighted by Crippen LogP contribution is -2.40. The first-order valence-corrected chi connectivity index (χ1v) is 11.8. The summed E-state index contributed by atoms with van der Waals surface area (Å²) in [4.78, 5) is 35.5. The number of nitrogens with one attached hydrogen (secondary N) is 1. The highest BCUT2D eigenvalue weighted by Crippen LogP contribution is 2.26. The Bertz CT molecular complexity index is 1460. The number of benzene rings is 2. The summed E-state index contributed by atoms with van der Waals surface area (Å²) in [5, 5.41) is 8.30. The van der Waals surface area contributed by atoms with E-state index in [-0.39, 0.29) is 22.9 Å². The fourth-order valence-corrected chi connectivity index (χ4v) is 4.64. The Morgan fingerprint density at radius 3 is 2.89 bits per heavy atom. The molecule has 0 aliphatic carbocycles. The number of aryl methyl sites for hydroxylation is 2. The van der Waals surface area contributed by atoms with Crippen molar-refractivity contribution in [3.8, 4) is 5.75 Å². The second-order valence-electron chi connectivity index (χ2n) is 9.12. The highest BCUT2D eigenvalue weighted by Gasteiger charge is 2.28. The molecule has 1 saturated heterocycles. The number of methoxy groups -OCH3 is 1. The molecular formula is C26H28N6O3. The molecule has 4 aromatic rings. The van der Waals surface area contributed by atoms with Gasteiger partial charge in [0.25, 0.3) is 11.5 Å². The predicted octanol–water partition coefficient (Wildman–Crippen LogP) is 3.21. The molecule has 35 heavy (non-hydrogen) atoms. The van der Waals surface area contributed by atoms with Crippen molar-refractivity contribution in [2.45, 2.75) is 39.2 Å². The van der Waals surface area contributed by atoms with Gasteiger partial charge in [0, 0.05) is 24.6 Å². The number of carbonyl (C=O) groups excluding carboxylic acids is 1. The van der Waals surface area contributed by atoms with Crippen molar-refractivity contribution in [1.29, 1.82) is 0 Å². The van der Waals surface area contributed by atoms with Gasteiger partial charge in [0.15, 0.2) is 11.2 Å². The summed E-state index contributed by atoms with van der Waals surface area (Å²) in [6, 6.07) is 13.4. The number of hydrogen-bond acceptors (Lipinski definition) is 6. The van der Waals surface area contributed by atoms with Crippen LogP contribution in [0.5, 0.6) is 5.75 Å². The van der Waals surface area contributed by atoms with E-state index in [2.05, 4.69) is 40.4 Å². The maximum Gasteiger partial charge on any atom is 0.281 e. The van der Waals surface area contributed by atoms with E-state index in [1.54, 1.807) is 23.9 Å². The number of ether oxygens (including phenoxy) is 1. The van der Waals surface area contributed by atoms with Crippen molar-refractivity contribution < 1.29 is 9.53 Å². The highest BCUT2D eigenvalue weighted by atomic mass is 16.5. The number of likely N-dealkylation sites (tertiary alicyclic amines) is 1. The third-order valence-corrected chi connectivity index (χ3v) is 6.63. The molecule has 0 saturated carbocycles. The zero-order chi connectivity index (χ0) is 24.5. The number of aromatic amines is 1. The van der Waals surface area contributed by atoms with E-state index in [0.717, 1.165) is 29.5 Å². The Kier molecular flexibility index (Phi) is 6.07. The summed E-state index contributed by atoms with van der Waals surface area (Å²) in [7, 11) is 1.58. The Balaban J connectivity index is 1.43. The van der Waals surface area contributed by atoms with Gasteiger partial charge in [-0.2, -0.15) is 0 Å². The van der Waals surface area contributed by atoms with E-state index < -0.39 is 0 Å². The topological polar surface area (TPSA) is 106 Å². The van der Waals surface area contributed by atoms with Crippen LogP contribution in [-0.4, -0.2) is 56.0 Å². The molecule has 0 radical (unpaired) electrons. The van der Waals surface area contributed by atoms with Crippen molar-refractivity contribution in [3.63, 3.8) is 0 Å². The zero-order valence-electron chi connectivity index (χ0n) is 20.1. The quantitative estimate of drug-likeness (QED) is 0.478. The molecule has 9 nitrogen and oxygen atoms in total. The van der Waals surface area contributed by atoms with Crippen LogP contribution in [0.25, 0.3) is 11.2 Å². The molecule has 1 amide bonds. The first-order valence-electron chi connectivity index (χ1n) is 11.8. The summed E-state index contributed by atoms with van der Waals surface area (Å²) in [5.41, 5.74) is 4.35. The van der Waals surface area contributed by atoms with Gasteiger partial charge >= 0.3 is 0 Å². The average Bonchev–Trinajstić information content (AvgIpc) is 3.29. The first kappa shape index (κ1) is 22.8. The Labute approximate surface area is 202 Å². The minimum absolute atomic E-state index is 0.0568. The number of amides is 1. The zero-order valence-corrected chi connectivity index (χ0v) is 20.1. The van der Waals surface area contributed by atoms with Crippen LogP contribution < -0.4 is 10.3 Å². The van der Waals surface area contributed by atoms with Crippen LogP contribution in [0.4, 0.5) is 0 Å². The van der Waals surface area contributed by atoms with Gasteiger partial charge in [-0.3, -0.25) is 9.59 Å². The molecule has 0 unspecified atom stereocenters. The minimum atomic E-state index is -0.312. The number of rotatable bonds is 5. The van der Waals surface area contributed by atoms with E-state index in [1.807, 2.05) is 24.0 Å². The van der Waals surface area contributed by atoms with E-state index in [4.69, 9.17) is 9.72 Å². The first-order chi connectivity index (χ1) is 16.9. The number of hydrogen-bond donors (Lipinski definition) is 1. The molecule has 1 N–H and O–H groups in total. The van der Waals surface area contributed by atoms with Crippen molar-refractivity contribution in [3.05, 3.63) is 80.9 Å². The van der Waals surface area contributed by atoms with Crippen molar-refractivity contribution in [2.24, 2.45) is 0 Å². The van der Waals surface area contributed by atoms with Crippen molar-refractivity contribution in [1.82, 2.24) is 29.9 Å². The second kappa shape index (κ2) is 9.32. The summed E-state index contributed by atoms with van der Waals surface area (Å²) in [5.74, 6) is 1.07. The van der Waals surface area contributed by atoms with Crippen LogP contribution in [0.3, 0.4) is 0 Å². The normalized spacial score (nSPS) is 16.0. The molecule has 2 aromatic carbocycles. The van der Waals surface area contributed by atoms with Gasteiger partial charge in [-0.15, -0.1) is 5.10 Å². The highest BCUT2D eigenvalue weighted by molar-refractivity contribution is 5.94. The molecule has 1 fully saturated rings. The second-order valence-corrected chi connectivity index (χ2v) is 9.12. The fraction of sp³-hybridized carbons (Fsp3) is 0.346. The number of carbonyl (C=O) groups is 1. The van der Waals surface area contributed by atoms with E-state index in [0.29, 0.717) is 42.4 Å². The Morgan fingerprint density at radius 2 is 2.06 bits per heavy atom. The maximum absolute atomic E-state index is 13.2. The molecular weight excluding hydrogens is 444 g/mol. The van der Waals surface area contributed by atoms with Gasteiger partial charge in [0.1, 0.15) is 11.6 Å². The number of piperidine rings is 1. The van der Waals surface area contributed by atoms with Gasteiger partial charge in [0.05, 0.1) is 13.7 Å². The van der Waals surface area contributed by atoms with Gasteiger partial charge < -0.3 is 14.6 Å².